The molecule has 1 heterocycles. The van der Waals surface area contributed by atoms with E-state index in [1.54, 1.807) is 0 Å². The number of aromatic nitrogens is 2. The second-order valence-corrected chi connectivity index (χ2v) is 3.73. The summed E-state index contributed by atoms with van der Waals surface area (Å²) in [5.74, 6) is 0.517. The molecular weight excluding hydrogens is 234 g/mol. The molecule has 86 valence electrons. The van der Waals surface area contributed by atoms with Crippen molar-refractivity contribution in [2.75, 3.05) is 5.73 Å². The maximum atomic E-state index is 5.62. The first-order valence-electron chi connectivity index (χ1n) is 5.13. The number of nitrogen functional groups attached to an aromatic ring is 1. The molecule has 0 aliphatic heterocycles. The Morgan fingerprint density at radius 2 is 1.76 bits per heavy atom. The highest BCUT2D eigenvalue weighted by molar-refractivity contribution is 5.95. The minimum absolute atomic E-state index is 0. The third-order valence-corrected chi connectivity index (χ3v) is 2.68. The molecule has 17 heavy (non-hydrogen) atoms. The number of nitrogens with two attached hydrogens (primary N) is 1. The molecule has 0 atom stereocenters. The smallest absolute Gasteiger partial charge is 0.145 e. The van der Waals surface area contributed by atoms with Crippen molar-refractivity contribution in [2.24, 2.45) is 0 Å². The molecule has 0 saturated heterocycles. The van der Waals surface area contributed by atoms with Crippen molar-refractivity contribution in [1.82, 2.24) is 10.2 Å². The number of nitrogens with zero attached hydrogens (tertiary/aromatic N) is 1. The molecule has 3 rings (SSSR count). The SMILES string of the molecule is Cl.Nc1cc(-c2cccc3ccccc23)[nH]n1. The Morgan fingerprint density at radius 1 is 1.00 bits per heavy atom. The fraction of sp³-hybridized carbons (Fsp3) is 0. The molecule has 1 aromatic heterocycles. The third kappa shape index (κ3) is 1.97. The third-order valence-electron chi connectivity index (χ3n) is 2.68. The zero-order valence-corrected chi connectivity index (χ0v) is 9.87. The van der Waals surface area contributed by atoms with Crippen LogP contribution in [0.1, 0.15) is 0 Å². The number of hydrogen-bond donors (Lipinski definition) is 2. The Labute approximate surface area is 105 Å². The first kappa shape index (κ1) is 11.5. The van der Waals surface area contributed by atoms with Crippen molar-refractivity contribution in [3.8, 4) is 11.3 Å². The van der Waals surface area contributed by atoms with Crippen LogP contribution in [0.3, 0.4) is 0 Å². The van der Waals surface area contributed by atoms with E-state index in [0.717, 1.165) is 11.3 Å². The van der Waals surface area contributed by atoms with Crippen LogP contribution < -0.4 is 5.73 Å². The lowest BCUT2D eigenvalue weighted by molar-refractivity contribution is 1.10. The van der Waals surface area contributed by atoms with E-state index < -0.39 is 0 Å². The van der Waals surface area contributed by atoms with E-state index in [0.29, 0.717) is 5.82 Å². The van der Waals surface area contributed by atoms with Crippen LogP contribution in [0.25, 0.3) is 22.0 Å². The molecule has 3 aromatic rings. The summed E-state index contributed by atoms with van der Waals surface area (Å²) in [6.45, 7) is 0. The lowest BCUT2D eigenvalue weighted by atomic mass is 10.0. The molecule has 2 aromatic carbocycles. The Kier molecular flexibility index (Phi) is 3.02. The first-order valence-corrected chi connectivity index (χ1v) is 5.13. The van der Waals surface area contributed by atoms with Crippen molar-refractivity contribution >= 4 is 29.0 Å². The Morgan fingerprint density at radius 3 is 2.53 bits per heavy atom. The van der Waals surface area contributed by atoms with Gasteiger partial charge in [-0.3, -0.25) is 5.10 Å². The number of H-pyrrole nitrogens is 1. The molecule has 4 heteroatoms. The van der Waals surface area contributed by atoms with Gasteiger partial charge in [0.1, 0.15) is 5.82 Å². The number of halogens is 1. The molecule has 0 radical (unpaired) electrons. The molecule has 0 unspecified atom stereocenters. The van der Waals surface area contributed by atoms with Crippen LogP contribution in [0.4, 0.5) is 5.82 Å². The van der Waals surface area contributed by atoms with Gasteiger partial charge in [-0.05, 0) is 10.8 Å². The van der Waals surface area contributed by atoms with Crippen LogP contribution in [-0.2, 0) is 0 Å². The maximum absolute atomic E-state index is 5.62. The Hall–Kier alpha value is -2.00. The topological polar surface area (TPSA) is 54.7 Å². The minimum Gasteiger partial charge on any atom is -0.382 e. The molecule has 0 spiro atoms. The molecular formula is C13H12ClN3. The second kappa shape index (κ2) is 4.47. The van der Waals surface area contributed by atoms with E-state index in [1.165, 1.54) is 10.8 Å². The van der Waals surface area contributed by atoms with Gasteiger partial charge in [0.2, 0.25) is 0 Å². The quantitative estimate of drug-likeness (QED) is 0.692. The summed E-state index contributed by atoms with van der Waals surface area (Å²) in [4.78, 5) is 0. The summed E-state index contributed by atoms with van der Waals surface area (Å²) in [7, 11) is 0. The standard InChI is InChI=1S/C13H11N3.ClH/c14-13-8-12(15-16-13)11-7-3-5-9-4-1-2-6-10(9)11;/h1-8H,(H3,14,15,16);1H. The fourth-order valence-electron chi connectivity index (χ4n) is 1.94. The van der Waals surface area contributed by atoms with Gasteiger partial charge < -0.3 is 5.73 Å². The number of rotatable bonds is 1. The lowest BCUT2D eigenvalue weighted by Gasteiger charge is -2.03. The lowest BCUT2D eigenvalue weighted by Crippen LogP contribution is -1.81. The predicted molar refractivity (Wildman–Crippen MR) is 73.2 cm³/mol. The van der Waals surface area contributed by atoms with Crippen molar-refractivity contribution in [2.45, 2.75) is 0 Å². The van der Waals surface area contributed by atoms with Gasteiger partial charge in [0.05, 0.1) is 5.69 Å². The zero-order valence-electron chi connectivity index (χ0n) is 9.05. The molecule has 0 fully saturated rings. The minimum atomic E-state index is 0. The van der Waals surface area contributed by atoms with Gasteiger partial charge >= 0.3 is 0 Å². The Balaban J connectivity index is 0.00000108. The molecule has 0 aliphatic carbocycles. The van der Waals surface area contributed by atoms with Crippen LogP contribution in [-0.4, -0.2) is 10.2 Å². The molecule has 0 bridgehead atoms. The van der Waals surface area contributed by atoms with Crippen LogP contribution >= 0.6 is 12.4 Å². The van der Waals surface area contributed by atoms with Crippen molar-refractivity contribution in [3.63, 3.8) is 0 Å². The molecule has 0 aliphatic rings. The van der Waals surface area contributed by atoms with Crippen LogP contribution in [0.2, 0.25) is 0 Å². The number of aromatic amines is 1. The van der Waals surface area contributed by atoms with E-state index in [2.05, 4.69) is 34.5 Å². The highest BCUT2D eigenvalue weighted by Crippen LogP contribution is 2.27. The highest BCUT2D eigenvalue weighted by atomic mass is 35.5. The Bertz CT molecular complexity index is 640. The van der Waals surface area contributed by atoms with Gasteiger partial charge in [-0.15, -0.1) is 12.4 Å². The summed E-state index contributed by atoms with van der Waals surface area (Å²) in [6, 6.07) is 16.3. The van der Waals surface area contributed by atoms with Gasteiger partial charge in [0.25, 0.3) is 0 Å². The highest BCUT2D eigenvalue weighted by Gasteiger charge is 2.05. The molecule has 0 saturated carbocycles. The summed E-state index contributed by atoms with van der Waals surface area (Å²) in [6.07, 6.45) is 0. The average Bonchev–Trinajstić information content (AvgIpc) is 2.75. The van der Waals surface area contributed by atoms with Crippen molar-refractivity contribution in [3.05, 3.63) is 48.5 Å². The first-order chi connectivity index (χ1) is 7.84. The van der Waals surface area contributed by atoms with Crippen molar-refractivity contribution < 1.29 is 0 Å². The van der Waals surface area contributed by atoms with E-state index >= 15 is 0 Å². The van der Waals surface area contributed by atoms with E-state index in [1.807, 2.05) is 24.3 Å². The largest absolute Gasteiger partial charge is 0.382 e. The van der Waals surface area contributed by atoms with Gasteiger partial charge in [0, 0.05) is 11.6 Å². The second-order valence-electron chi connectivity index (χ2n) is 3.73. The molecule has 3 nitrogen and oxygen atoms in total. The van der Waals surface area contributed by atoms with Crippen molar-refractivity contribution in [1.29, 1.82) is 0 Å². The summed E-state index contributed by atoms with van der Waals surface area (Å²) in [5, 5.41) is 9.31. The number of benzene rings is 2. The van der Waals surface area contributed by atoms with Gasteiger partial charge in [-0.2, -0.15) is 5.10 Å². The van der Waals surface area contributed by atoms with Crippen LogP contribution in [0, 0.1) is 0 Å². The van der Waals surface area contributed by atoms with Crippen LogP contribution in [0.5, 0.6) is 0 Å². The van der Waals surface area contributed by atoms with E-state index in [-0.39, 0.29) is 12.4 Å². The van der Waals surface area contributed by atoms with E-state index in [4.69, 9.17) is 5.73 Å². The summed E-state index contributed by atoms with van der Waals surface area (Å²) in [5.41, 5.74) is 7.70. The fourth-order valence-corrected chi connectivity index (χ4v) is 1.94. The van der Waals surface area contributed by atoms with Gasteiger partial charge in [-0.25, -0.2) is 0 Å². The number of fused-ring (bicyclic) bond motifs is 1. The van der Waals surface area contributed by atoms with Gasteiger partial charge in [0.15, 0.2) is 0 Å². The summed E-state index contributed by atoms with van der Waals surface area (Å²) >= 11 is 0. The van der Waals surface area contributed by atoms with E-state index in [9.17, 15) is 0 Å². The number of hydrogen-bond acceptors (Lipinski definition) is 2. The number of nitrogens with one attached hydrogen (secondary N) is 1. The van der Waals surface area contributed by atoms with Gasteiger partial charge in [-0.1, -0.05) is 42.5 Å². The number of anilines is 1. The molecule has 0 amide bonds. The average molecular weight is 246 g/mol. The predicted octanol–water partition coefficient (Wildman–Crippen LogP) is 3.23. The zero-order chi connectivity index (χ0) is 11.0. The normalized spacial score (nSPS) is 10.1. The summed E-state index contributed by atoms with van der Waals surface area (Å²) < 4.78 is 0. The molecule has 3 N–H and O–H groups in total. The van der Waals surface area contributed by atoms with Crippen LogP contribution in [0.15, 0.2) is 48.5 Å². The maximum Gasteiger partial charge on any atom is 0.145 e. The monoisotopic (exact) mass is 245 g/mol.